The molecule has 0 radical (unpaired) electrons. The second-order valence-electron chi connectivity index (χ2n) is 5.63. The van der Waals surface area contributed by atoms with Gasteiger partial charge in [0.15, 0.2) is 0 Å². The van der Waals surface area contributed by atoms with E-state index in [2.05, 4.69) is 24.3 Å². The Morgan fingerprint density at radius 1 is 1.20 bits per heavy atom. The molecule has 0 aliphatic carbocycles. The van der Waals surface area contributed by atoms with Crippen LogP contribution in [0.4, 0.5) is 0 Å². The molecule has 3 nitrogen and oxygen atoms in total. The van der Waals surface area contributed by atoms with Crippen molar-refractivity contribution in [3.63, 3.8) is 0 Å². The second kappa shape index (κ2) is 9.54. The molecule has 0 aromatic heterocycles. The summed E-state index contributed by atoms with van der Waals surface area (Å²) in [6.45, 7) is 2.83. The molecule has 1 aromatic rings. The van der Waals surface area contributed by atoms with Gasteiger partial charge >= 0.3 is 0 Å². The van der Waals surface area contributed by atoms with Gasteiger partial charge in [0, 0.05) is 26.1 Å². The Morgan fingerprint density at radius 2 is 1.90 bits per heavy atom. The van der Waals surface area contributed by atoms with Crippen molar-refractivity contribution < 1.29 is 4.79 Å². The summed E-state index contributed by atoms with van der Waals surface area (Å²) in [6, 6.07) is 10.7. The van der Waals surface area contributed by atoms with E-state index in [-0.39, 0.29) is 11.9 Å². The largest absolute Gasteiger partial charge is 0.346 e. The van der Waals surface area contributed by atoms with Crippen LogP contribution in [0, 0.1) is 0 Å². The Bertz CT molecular complexity index is 376. The smallest absolute Gasteiger partial charge is 0.222 e. The zero-order chi connectivity index (χ0) is 14.8. The van der Waals surface area contributed by atoms with E-state index in [1.54, 1.807) is 0 Å². The Kier molecular flexibility index (Phi) is 7.97. The predicted molar refractivity (Wildman–Crippen MR) is 84.5 cm³/mol. The van der Waals surface area contributed by atoms with Crippen molar-refractivity contribution in [3.05, 3.63) is 35.9 Å². The minimum Gasteiger partial charge on any atom is -0.346 e. The first-order valence-electron chi connectivity index (χ1n) is 7.63. The summed E-state index contributed by atoms with van der Waals surface area (Å²) in [7, 11) is 1.90. The molecular formula is C17H28N2O. The van der Waals surface area contributed by atoms with Crippen molar-refractivity contribution in [2.24, 2.45) is 5.73 Å². The fraction of sp³-hybridized carbons (Fsp3) is 0.588. The number of unbranched alkanes of at least 4 members (excludes halogenated alkanes) is 1. The first kappa shape index (κ1) is 16.7. The quantitative estimate of drug-likeness (QED) is 0.705. The lowest BCUT2D eigenvalue weighted by Gasteiger charge is -2.17. The number of nitrogens with zero attached hydrogens (tertiary/aromatic N) is 1. The molecule has 0 heterocycles. The van der Waals surface area contributed by atoms with Crippen LogP contribution in [-0.2, 0) is 11.2 Å². The number of rotatable bonds is 9. The maximum absolute atomic E-state index is 11.9. The molecule has 0 saturated carbocycles. The molecule has 1 aromatic carbocycles. The van der Waals surface area contributed by atoms with Crippen molar-refractivity contribution in [1.82, 2.24) is 4.90 Å². The standard InChI is InChI=1S/C17H28N2O/c1-15(18)9-8-13-17(20)19(2)14-7-6-12-16-10-4-3-5-11-16/h3-5,10-11,15H,6-9,12-14,18H2,1-2H3. The number of nitrogens with two attached hydrogens (primary N) is 1. The predicted octanol–water partition coefficient (Wildman–Crippen LogP) is 2.99. The lowest BCUT2D eigenvalue weighted by Crippen LogP contribution is -2.28. The number of carbonyl (C=O) groups is 1. The van der Waals surface area contributed by atoms with Crippen molar-refractivity contribution in [2.45, 2.75) is 51.5 Å². The highest BCUT2D eigenvalue weighted by Gasteiger charge is 2.08. The number of carbonyl (C=O) groups excluding carboxylic acids is 1. The lowest BCUT2D eigenvalue weighted by molar-refractivity contribution is -0.130. The van der Waals surface area contributed by atoms with Crippen LogP contribution in [0.3, 0.4) is 0 Å². The molecule has 1 atom stereocenters. The van der Waals surface area contributed by atoms with Gasteiger partial charge in [-0.3, -0.25) is 4.79 Å². The first-order valence-corrected chi connectivity index (χ1v) is 7.63. The SMILES string of the molecule is CC(N)CCCC(=O)N(C)CCCCc1ccccc1. The van der Waals surface area contributed by atoms with E-state index in [4.69, 9.17) is 5.73 Å². The summed E-state index contributed by atoms with van der Waals surface area (Å²) in [5.41, 5.74) is 7.06. The minimum atomic E-state index is 0.193. The van der Waals surface area contributed by atoms with Crippen molar-refractivity contribution in [1.29, 1.82) is 0 Å². The summed E-state index contributed by atoms with van der Waals surface area (Å²) < 4.78 is 0. The van der Waals surface area contributed by atoms with E-state index < -0.39 is 0 Å². The van der Waals surface area contributed by atoms with Crippen LogP contribution in [0.15, 0.2) is 30.3 Å². The normalized spacial score (nSPS) is 12.2. The third-order valence-electron chi connectivity index (χ3n) is 3.53. The van der Waals surface area contributed by atoms with Crippen LogP contribution in [0.1, 0.15) is 44.6 Å². The summed E-state index contributed by atoms with van der Waals surface area (Å²) in [5, 5.41) is 0. The van der Waals surface area contributed by atoms with Gasteiger partial charge in [0.1, 0.15) is 0 Å². The number of benzene rings is 1. The summed E-state index contributed by atoms with van der Waals surface area (Å²) in [4.78, 5) is 13.7. The van der Waals surface area contributed by atoms with Crippen molar-refractivity contribution >= 4 is 5.91 Å². The Balaban J connectivity index is 2.10. The van der Waals surface area contributed by atoms with Crippen LogP contribution in [0.5, 0.6) is 0 Å². The average molecular weight is 276 g/mol. The van der Waals surface area contributed by atoms with Crippen LogP contribution in [-0.4, -0.2) is 30.4 Å². The van der Waals surface area contributed by atoms with Crippen molar-refractivity contribution in [3.8, 4) is 0 Å². The summed E-state index contributed by atoms with van der Waals surface area (Å²) in [5.74, 6) is 0.241. The third kappa shape index (κ3) is 7.29. The van der Waals surface area contributed by atoms with Gasteiger partial charge < -0.3 is 10.6 Å². The lowest BCUT2D eigenvalue weighted by atomic mass is 10.1. The number of hydrogen-bond acceptors (Lipinski definition) is 2. The topological polar surface area (TPSA) is 46.3 Å². The summed E-state index contributed by atoms with van der Waals surface area (Å²) in [6.07, 6.45) is 5.72. The van der Waals surface area contributed by atoms with Gasteiger partial charge in [-0.15, -0.1) is 0 Å². The van der Waals surface area contributed by atoms with Gasteiger partial charge in [-0.2, -0.15) is 0 Å². The average Bonchev–Trinajstić information content (AvgIpc) is 2.44. The van der Waals surface area contributed by atoms with Crippen molar-refractivity contribution in [2.75, 3.05) is 13.6 Å². The summed E-state index contributed by atoms with van der Waals surface area (Å²) >= 11 is 0. The Morgan fingerprint density at radius 3 is 2.55 bits per heavy atom. The minimum absolute atomic E-state index is 0.193. The van der Waals surface area contributed by atoms with E-state index in [0.717, 1.165) is 38.6 Å². The zero-order valence-corrected chi connectivity index (χ0v) is 12.8. The maximum atomic E-state index is 11.9. The molecule has 20 heavy (non-hydrogen) atoms. The Labute approximate surface area is 123 Å². The number of aryl methyl sites for hydroxylation is 1. The monoisotopic (exact) mass is 276 g/mol. The molecule has 3 heteroatoms. The van der Waals surface area contributed by atoms with E-state index in [9.17, 15) is 4.79 Å². The molecular weight excluding hydrogens is 248 g/mol. The van der Waals surface area contributed by atoms with Crippen LogP contribution in [0.25, 0.3) is 0 Å². The van der Waals surface area contributed by atoms with Crippen LogP contribution >= 0.6 is 0 Å². The highest BCUT2D eigenvalue weighted by molar-refractivity contribution is 5.75. The molecule has 2 N–H and O–H groups in total. The highest BCUT2D eigenvalue weighted by atomic mass is 16.2. The number of hydrogen-bond donors (Lipinski definition) is 1. The van der Waals surface area contributed by atoms with Gasteiger partial charge in [0.05, 0.1) is 0 Å². The zero-order valence-electron chi connectivity index (χ0n) is 12.8. The Hall–Kier alpha value is -1.35. The van der Waals surface area contributed by atoms with Gasteiger partial charge in [0.2, 0.25) is 5.91 Å². The van der Waals surface area contributed by atoms with Gasteiger partial charge in [-0.1, -0.05) is 30.3 Å². The molecule has 1 unspecified atom stereocenters. The fourth-order valence-electron chi connectivity index (χ4n) is 2.21. The molecule has 1 amide bonds. The molecule has 112 valence electrons. The maximum Gasteiger partial charge on any atom is 0.222 e. The highest BCUT2D eigenvalue weighted by Crippen LogP contribution is 2.06. The second-order valence-corrected chi connectivity index (χ2v) is 5.63. The van der Waals surface area contributed by atoms with Gasteiger partial charge in [-0.25, -0.2) is 0 Å². The van der Waals surface area contributed by atoms with E-state index in [0.29, 0.717) is 6.42 Å². The number of amides is 1. The molecule has 0 fully saturated rings. The van der Waals surface area contributed by atoms with Crippen LogP contribution < -0.4 is 5.73 Å². The van der Waals surface area contributed by atoms with Crippen LogP contribution in [0.2, 0.25) is 0 Å². The molecule has 0 spiro atoms. The molecule has 0 aliphatic heterocycles. The third-order valence-corrected chi connectivity index (χ3v) is 3.53. The van der Waals surface area contributed by atoms with E-state index in [1.165, 1.54) is 5.56 Å². The van der Waals surface area contributed by atoms with E-state index >= 15 is 0 Å². The fourth-order valence-corrected chi connectivity index (χ4v) is 2.21. The van der Waals surface area contributed by atoms with Gasteiger partial charge in [-0.05, 0) is 44.6 Å². The van der Waals surface area contributed by atoms with E-state index in [1.807, 2.05) is 24.9 Å². The molecule has 0 saturated heterocycles. The molecule has 0 aliphatic rings. The first-order chi connectivity index (χ1) is 9.59. The molecule has 0 bridgehead atoms. The molecule has 1 rings (SSSR count). The van der Waals surface area contributed by atoms with Gasteiger partial charge in [0.25, 0.3) is 0 Å².